The molecule has 0 saturated heterocycles. The van der Waals surface area contributed by atoms with Crippen LogP contribution in [0.2, 0.25) is 0 Å². The Morgan fingerprint density at radius 2 is 2.22 bits per heavy atom. The Labute approximate surface area is 109 Å². The molecule has 18 heavy (non-hydrogen) atoms. The van der Waals surface area contributed by atoms with E-state index in [9.17, 15) is 0 Å². The highest BCUT2D eigenvalue weighted by Gasteiger charge is 2.01. The fourth-order valence-electron chi connectivity index (χ4n) is 1.67. The van der Waals surface area contributed by atoms with Crippen molar-refractivity contribution in [1.29, 1.82) is 0 Å². The number of ether oxygens (including phenoxy) is 2. The molecule has 0 unspecified atom stereocenters. The van der Waals surface area contributed by atoms with Crippen LogP contribution in [0.25, 0.3) is 0 Å². The lowest BCUT2D eigenvalue weighted by atomic mass is 10.4. The molecule has 0 bridgehead atoms. The van der Waals surface area contributed by atoms with Gasteiger partial charge in [0.1, 0.15) is 5.82 Å². The minimum absolute atomic E-state index is 0.664. The molecule has 5 nitrogen and oxygen atoms in total. The molecule has 1 heterocycles. The Balaban J connectivity index is 2.15. The second-order valence-corrected chi connectivity index (χ2v) is 4.17. The Bertz CT molecular complexity index is 302. The average Bonchev–Trinajstić information content (AvgIpc) is 2.82. The molecule has 0 aliphatic carbocycles. The largest absolute Gasteiger partial charge is 0.382 e. The molecule has 1 aromatic rings. The molecule has 1 rings (SSSR count). The Hall–Kier alpha value is -0.910. The van der Waals surface area contributed by atoms with E-state index >= 15 is 0 Å². The number of hydrogen-bond acceptors (Lipinski definition) is 4. The van der Waals surface area contributed by atoms with Crippen LogP contribution < -0.4 is 5.32 Å². The lowest BCUT2D eigenvalue weighted by Crippen LogP contribution is -2.18. The van der Waals surface area contributed by atoms with Crippen molar-refractivity contribution in [2.24, 2.45) is 0 Å². The summed E-state index contributed by atoms with van der Waals surface area (Å²) in [6.07, 6.45) is 6.03. The number of methoxy groups -OCH3 is 1. The van der Waals surface area contributed by atoms with Crippen LogP contribution in [0, 0.1) is 0 Å². The highest BCUT2D eigenvalue weighted by Crippen LogP contribution is 1.99. The van der Waals surface area contributed by atoms with E-state index in [1.165, 1.54) is 0 Å². The van der Waals surface area contributed by atoms with E-state index in [1.54, 1.807) is 7.11 Å². The van der Waals surface area contributed by atoms with Gasteiger partial charge in [0.25, 0.3) is 0 Å². The van der Waals surface area contributed by atoms with Crippen molar-refractivity contribution in [2.75, 3.05) is 33.5 Å². The van der Waals surface area contributed by atoms with Gasteiger partial charge in [-0.15, -0.1) is 0 Å². The summed E-state index contributed by atoms with van der Waals surface area (Å²) in [7, 11) is 1.68. The number of aromatic nitrogens is 2. The number of nitrogens with zero attached hydrogens (tertiary/aromatic N) is 2. The van der Waals surface area contributed by atoms with Crippen LogP contribution >= 0.6 is 0 Å². The lowest BCUT2D eigenvalue weighted by molar-refractivity contribution is 0.0679. The highest BCUT2D eigenvalue weighted by molar-refractivity contribution is 4.91. The Morgan fingerprint density at radius 3 is 3.00 bits per heavy atom. The van der Waals surface area contributed by atoms with E-state index in [0.717, 1.165) is 44.9 Å². The first-order valence-electron chi connectivity index (χ1n) is 6.66. The van der Waals surface area contributed by atoms with E-state index in [-0.39, 0.29) is 0 Å². The first-order chi connectivity index (χ1) is 8.88. The molecule has 5 heteroatoms. The molecule has 1 N–H and O–H groups in total. The molecule has 0 aliphatic heterocycles. The Morgan fingerprint density at radius 1 is 1.33 bits per heavy atom. The number of hydrogen-bond donors (Lipinski definition) is 1. The van der Waals surface area contributed by atoms with Crippen LogP contribution in [0.1, 0.15) is 25.6 Å². The van der Waals surface area contributed by atoms with Gasteiger partial charge in [0, 0.05) is 32.7 Å². The predicted molar refractivity (Wildman–Crippen MR) is 71.5 cm³/mol. The van der Waals surface area contributed by atoms with Crippen molar-refractivity contribution < 1.29 is 9.47 Å². The molecular formula is C13H25N3O2. The Kier molecular flexibility index (Phi) is 8.46. The third kappa shape index (κ3) is 6.14. The number of rotatable bonds is 11. The second-order valence-electron chi connectivity index (χ2n) is 4.17. The van der Waals surface area contributed by atoms with E-state index in [1.807, 2.05) is 12.4 Å². The molecule has 0 saturated carbocycles. The predicted octanol–water partition coefficient (Wildman–Crippen LogP) is 1.44. The van der Waals surface area contributed by atoms with Crippen molar-refractivity contribution >= 4 is 0 Å². The van der Waals surface area contributed by atoms with Crippen molar-refractivity contribution in [3.63, 3.8) is 0 Å². The van der Waals surface area contributed by atoms with Crippen molar-refractivity contribution in [3.05, 3.63) is 18.2 Å². The zero-order valence-corrected chi connectivity index (χ0v) is 11.5. The standard InChI is InChI=1S/C13H25N3O2/c1-3-5-14-12-13-15-6-8-16(13)7-4-9-18-11-10-17-2/h6,8,14H,3-5,7,9-12H2,1-2H3. The van der Waals surface area contributed by atoms with Gasteiger partial charge in [-0.2, -0.15) is 0 Å². The molecule has 104 valence electrons. The van der Waals surface area contributed by atoms with Gasteiger partial charge in [-0.25, -0.2) is 4.98 Å². The molecule has 0 fully saturated rings. The first-order valence-corrected chi connectivity index (χ1v) is 6.66. The van der Waals surface area contributed by atoms with Crippen molar-refractivity contribution in [2.45, 2.75) is 32.9 Å². The summed E-state index contributed by atoms with van der Waals surface area (Å²) in [5.41, 5.74) is 0. The summed E-state index contributed by atoms with van der Waals surface area (Å²) in [4.78, 5) is 4.36. The van der Waals surface area contributed by atoms with Crippen LogP contribution in [-0.4, -0.2) is 43.0 Å². The number of nitrogens with one attached hydrogen (secondary N) is 1. The molecular weight excluding hydrogens is 230 g/mol. The van der Waals surface area contributed by atoms with Crippen molar-refractivity contribution in [1.82, 2.24) is 14.9 Å². The topological polar surface area (TPSA) is 48.3 Å². The summed E-state index contributed by atoms with van der Waals surface area (Å²) < 4.78 is 12.5. The summed E-state index contributed by atoms with van der Waals surface area (Å²) in [5.74, 6) is 1.10. The lowest BCUT2D eigenvalue weighted by Gasteiger charge is -2.09. The third-order valence-electron chi connectivity index (χ3n) is 2.63. The first kappa shape index (κ1) is 15.1. The summed E-state index contributed by atoms with van der Waals surface area (Å²) in [6.45, 7) is 7.09. The van der Waals surface area contributed by atoms with Gasteiger partial charge in [-0.05, 0) is 19.4 Å². The normalized spacial score (nSPS) is 11.0. The molecule has 1 aromatic heterocycles. The van der Waals surface area contributed by atoms with Gasteiger partial charge < -0.3 is 19.4 Å². The monoisotopic (exact) mass is 255 g/mol. The number of imidazole rings is 1. The van der Waals surface area contributed by atoms with E-state index in [0.29, 0.717) is 13.2 Å². The van der Waals surface area contributed by atoms with Gasteiger partial charge in [0.2, 0.25) is 0 Å². The molecule has 0 spiro atoms. The fourth-order valence-corrected chi connectivity index (χ4v) is 1.67. The van der Waals surface area contributed by atoms with Gasteiger partial charge in [0.15, 0.2) is 0 Å². The minimum Gasteiger partial charge on any atom is -0.382 e. The van der Waals surface area contributed by atoms with Gasteiger partial charge in [-0.3, -0.25) is 0 Å². The summed E-state index contributed by atoms with van der Waals surface area (Å²) in [6, 6.07) is 0. The van der Waals surface area contributed by atoms with Gasteiger partial charge in [0.05, 0.1) is 19.8 Å². The molecule has 0 amide bonds. The maximum Gasteiger partial charge on any atom is 0.122 e. The van der Waals surface area contributed by atoms with Crippen LogP contribution in [0.3, 0.4) is 0 Å². The number of aryl methyl sites for hydroxylation is 1. The van der Waals surface area contributed by atoms with Gasteiger partial charge in [-0.1, -0.05) is 6.92 Å². The van der Waals surface area contributed by atoms with Crippen LogP contribution in [-0.2, 0) is 22.6 Å². The zero-order chi connectivity index (χ0) is 13.1. The van der Waals surface area contributed by atoms with Crippen LogP contribution in [0.15, 0.2) is 12.4 Å². The van der Waals surface area contributed by atoms with E-state index in [4.69, 9.17) is 9.47 Å². The van der Waals surface area contributed by atoms with E-state index < -0.39 is 0 Å². The maximum atomic E-state index is 5.44. The fraction of sp³-hybridized carbons (Fsp3) is 0.769. The molecule has 0 atom stereocenters. The van der Waals surface area contributed by atoms with Crippen molar-refractivity contribution in [3.8, 4) is 0 Å². The van der Waals surface area contributed by atoms with Gasteiger partial charge >= 0.3 is 0 Å². The third-order valence-corrected chi connectivity index (χ3v) is 2.63. The second kappa shape index (κ2) is 10.1. The highest BCUT2D eigenvalue weighted by atomic mass is 16.5. The summed E-state index contributed by atoms with van der Waals surface area (Å²) in [5, 5.41) is 3.37. The molecule has 0 aromatic carbocycles. The smallest absolute Gasteiger partial charge is 0.122 e. The molecule has 0 aliphatic rings. The summed E-state index contributed by atoms with van der Waals surface area (Å²) >= 11 is 0. The SMILES string of the molecule is CCCNCc1nccn1CCCOCCOC. The van der Waals surface area contributed by atoms with Crippen LogP contribution in [0.4, 0.5) is 0 Å². The minimum atomic E-state index is 0.664. The maximum absolute atomic E-state index is 5.44. The van der Waals surface area contributed by atoms with E-state index in [2.05, 4.69) is 21.8 Å². The average molecular weight is 255 g/mol. The zero-order valence-electron chi connectivity index (χ0n) is 11.5. The quantitative estimate of drug-likeness (QED) is 0.608. The molecule has 0 radical (unpaired) electrons. The van der Waals surface area contributed by atoms with Crippen LogP contribution in [0.5, 0.6) is 0 Å².